The number of hydrogen-bond donors (Lipinski definition) is 0. The molecule has 0 aliphatic heterocycles. The first-order valence-corrected chi connectivity index (χ1v) is 14.3. The van der Waals surface area contributed by atoms with E-state index in [-0.39, 0.29) is 21.7 Å². The molecule has 0 aliphatic carbocycles. The molecule has 3 nitrogen and oxygen atoms in total. The zero-order valence-corrected chi connectivity index (χ0v) is 26.7. The Morgan fingerprint density at radius 1 is 0.568 bits per heavy atom. The smallest absolute Gasteiger partial charge is 0.417 e. The van der Waals surface area contributed by atoms with Crippen molar-refractivity contribution in [1.82, 2.24) is 0 Å². The highest BCUT2D eigenvalue weighted by molar-refractivity contribution is 7.42. The van der Waals surface area contributed by atoms with E-state index in [1.54, 1.807) is 0 Å². The number of hydrogen-bond acceptors (Lipinski definition) is 3. The van der Waals surface area contributed by atoms with Gasteiger partial charge in [-0.2, -0.15) is 0 Å². The van der Waals surface area contributed by atoms with Crippen LogP contribution in [-0.4, -0.2) is 0 Å². The van der Waals surface area contributed by atoms with E-state index < -0.39 is 14.0 Å². The van der Waals surface area contributed by atoms with Gasteiger partial charge >= 0.3 is 8.60 Å². The van der Waals surface area contributed by atoms with Gasteiger partial charge in [0.2, 0.25) is 0 Å². The normalized spacial score (nSPS) is 13.7. The second-order valence-electron chi connectivity index (χ2n) is 14.9. The Balaban J connectivity index is 2.56. The minimum Gasteiger partial charge on any atom is -0.417 e. The quantitative estimate of drug-likeness (QED) is 0.337. The van der Waals surface area contributed by atoms with E-state index in [4.69, 9.17) is 13.6 Å². The van der Waals surface area contributed by atoms with Crippen molar-refractivity contribution in [2.24, 2.45) is 5.41 Å². The molecule has 37 heavy (non-hydrogen) atoms. The molecule has 2 aromatic carbocycles. The lowest BCUT2D eigenvalue weighted by Crippen LogP contribution is -2.19. The van der Waals surface area contributed by atoms with Gasteiger partial charge in [-0.25, -0.2) is 0 Å². The van der Waals surface area contributed by atoms with Crippen molar-refractivity contribution in [3.05, 3.63) is 72.2 Å². The van der Waals surface area contributed by atoms with E-state index in [2.05, 4.69) is 121 Å². The number of benzene rings is 2. The fraction of sp³-hybridized carbons (Fsp3) is 0.576. The van der Waals surface area contributed by atoms with Crippen LogP contribution < -0.4 is 9.05 Å². The Labute approximate surface area is 229 Å². The molecule has 0 spiro atoms. The van der Waals surface area contributed by atoms with E-state index in [1.165, 1.54) is 11.1 Å². The van der Waals surface area contributed by atoms with Crippen LogP contribution in [0.15, 0.2) is 36.4 Å². The maximum atomic E-state index is 6.53. The van der Waals surface area contributed by atoms with Crippen LogP contribution in [0.25, 0.3) is 0 Å². The van der Waals surface area contributed by atoms with Crippen molar-refractivity contribution < 1.29 is 13.6 Å². The highest BCUT2D eigenvalue weighted by atomic mass is 31.2. The van der Waals surface area contributed by atoms with Gasteiger partial charge in [-0.3, -0.25) is 4.52 Å². The summed E-state index contributed by atoms with van der Waals surface area (Å²) in [6.45, 7) is 37.6. The average Bonchev–Trinajstić information content (AvgIpc) is 2.68. The lowest BCUT2D eigenvalue weighted by Gasteiger charge is -2.30. The predicted octanol–water partition coefficient (Wildman–Crippen LogP) is 10.5. The third-order valence-corrected chi connectivity index (χ3v) is 6.98. The second-order valence-corrected chi connectivity index (χ2v) is 15.9. The lowest BCUT2D eigenvalue weighted by atomic mass is 9.80. The third kappa shape index (κ3) is 9.29. The van der Waals surface area contributed by atoms with Crippen LogP contribution in [0.4, 0.5) is 0 Å². The Hall–Kier alpha value is -1.57. The van der Waals surface area contributed by atoms with E-state index in [0.717, 1.165) is 22.6 Å². The molecular formula is C33H50O3P. The summed E-state index contributed by atoms with van der Waals surface area (Å²) in [5.41, 5.74) is 4.07. The van der Waals surface area contributed by atoms with Crippen LogP contribution in [0.2, 0.25) is 0 Å². The van der Waals surface area contributed by atoms with E-state index in [9.17, 15) is 0 Å². The standard InChI is InChI=1S/C33H50O3P/c1-29(2,3)22-34-37(35-27-18-16-23(30(4,5)6)20-25(27)32(10,11)12)36-28-19-17-24(31(7,8)9)21-26(28)33(13,14)15/h16-21H,1H2,2-15H3. The van der Waals surface area contributed by atoms with Crippen LogP contribution in [0.5, 0.6) is 11.5 Å². The summed E-state index contributed by atoms with van der Waals surface area (Å²) in [6, 6.07) is 12.9. The van der Waals surface area contributed by atoms with E-state index in [1.807, 2.05) is 26.0 Å². The summed E-state index contributed by atoms with van der Waals surface area (Å²) in [7, 11) is -1.83. The number of rotatable bonds is 7. The van der Waals surface area contributed by atoms with Crippen LogP contribution in [-0.2, 0) is 26.2 Å². The topological polar surface area (TPSA) is 27.7 Å². The second kappa shape index (κ2) is 10.9. The summed E-state index contributed by atoms with van der Waals surface area (Å²) >= 11 is 0. The van der Waals surface area contributed by atoms with Gasteiger partial charge in [0.25, 0.3) is 0 Å². The van der Waals surface area contributed by atoms with E-state index in [0.29, 0.717) is 0 Å². The fourth-order valence-corrected chi connectivity index (χ4v) is 4.77. The van der Waals surface area contributed by atoms with Crippen molar-refractivity contribution in [1.29, 1.82) is 0 Å². The molecule has 0 aromatic heterocycles. The zero-order chi connectivity index (χ0) is 28.6. The molecule has 0 unspecified atom stereocenters. The highest BCUT2D eigenvalue weighted by Crippen LogP contribution is 2.49. The molecule has 2 aromatic rings. The summed E-state index contributed by atoms with van der Waals surface area (Å²) < 4.78 is 19.1. The highest BCUT2D eigenvalue weighted by Gasteiger charge is 2.31. The van der Waals surface area contributed by atoms with Crippen molar-refractivity contribution in [3.8, 4) is 11.5 Å². The molecule has 205 valence electrons. The first-order chi connectivity index (χ1) is 16.5. The summed E-state index contributed by atoms with van der Waals surface area (Å²) in [5.74, 6) is 1.53. The molecule has 0 saturated heterocycles. The van der Waals surface area contributed by atoms with Gasteiger partial charge in [-0.15, -0.1) is 0 Å². The first kappa shape index (κ1) is 31.6. The van der Waals surface area contributed by atoms with Crippen molar-refractivity contribution in [3.63, 3.8) is 0 Å². The Morgan fingerprint density at radius 2 is 0.919 bits per heavy atom. The van der Waals surface area contributed by atoms with Gasteiger partial charge < -0.3 is 9.05 Å². The summed E-state index contributed by atoms with van der Waals surface area (Å²) in [6.07, 6.45) is 0. The van der Waals surface area contributed by atoms with Gasteiger partial charge in [-0.05, 0) is 51.8 Å². The molecule has 0 atom stereocenters. The average molecular weight is 526 g/mol. The monoisotopic (exact) mass is 525 g/mol. The maximum Gasteiger partial charge on any atom is 0.463 e. The van der Waals surface area contributed by atoms with Gasteiger partial charge in [-0.1, -0.05) is 121 Å². The van der Waals surface area contributed by atoms with Crippen molar-refractivity contribution in [2.45, 2.75) is 119 Å². The molecule has 0 N–H and O–H groups in total. The minimum absolute atomic E-state index is 0.0339. The predicted molar refractivity (Wildman–Crippen MR) is 159 cm³/mol. The van der Waals surface area contributed by atoms with Gasteiger partial charge in [0.05, 0.1) is 0 Å². The van der Waals surface area contributed by atoms with Crippen LogP contribution >= 0.6 is 8.60 Å². The minimum atomic E-state index is -1.83. The van der Waals surface area contributed by atoms with Crippen molar-refractivity contribution >= 4 is 8.60 Å². The molecule has 4 heteroatoms. The zero-order valence-electron chi connectivity index (χ0n) is 25.8. The molecule has 3 radical (unpaired) electrons. The van der Waals surface area contributed by atoms with Gasteiger partial charge in [0, 0.05) is 16.5 Å². The SMILES string of the molecule is [CH2]C(C)(C)[C]OP(Oc1ccc(C(C)(C)C)cc1C(C)(C)C)Oc1ccc(C(C)(C)C)cc1C(C)(C)C. The summed E-state index contributed by atoms with van der Waals surface area (Å²) in [5, 5.41) is 0. The maximum absolute atomic E-state index is 6.53. The molecular weight excluding hydrogens is 475 g/mol. The van der Waals surface area contributed by atoms with Crippen molar-refractivity contribution in [2.75, 3.05) is 0 Å². The Bertz CT molecular complexity index is 974. The Kier molecular flexibility index (Phi) is 9.32. The van der Waals surface area contributed by atoms with Crippen LogP contribution in [0.1, 0.15) is 119 Å². The molecule has 0 saturated carbocycles. The molecule has 0 fully saturated rings. The van der Waals surface area contributed by atoms with E-state index >= 15 is 0 Å². The fourth-order valence-electron chi connectivity index (χ4n) is 3.70. The van der Waals surface area contributed by atoms with Crippen LogP contribution in [0.3, 0.4) is 0 Å². The molecule has 0 aliphatic rings. The molecule has 0 amide bonds. The Morgan fingerprint density at radius 3 is 1.19 bits per heavy atom. The third-order valence-electron chi connectivity index (χ3n) is 6.05. The largest absolute Gasteiger partial charge is 0.463 e. The van der Waals surface area contributed by atoms with Gasteiger partial charge in [0.15, 0.2) is 6.61 Å². The molecule has 0 bridgehead atoms. The lowest BCUT2D eigenvalue weighted by molar-refractivity contribution is 0.261. The summed E-state index contributed by atoms with van der Waals surface area (Å²) in [4.78, 5) is 0. The molecule has 2 rings (SSSR count). The van der Waals surface area contributed by atoms with Gasteiger partial charge in [0.1, 0.15) is 11.5 Å². The van der Waals surface area contributed by atoms with Crippen LogP contribution in [0, 0.1) is 18.9 Å². The first-order valence-electron chi connectivity index (χ1n) is 13.2. The molecule has 0 heterocycles.